The molecule has 2 aliphatic rings. The van der Waals surface area contributed by atoms with Crippen molar-refractivity contribution in [1.29, 1.82) is 0 Å². The number of hydrogen-bond donors (Lipinski definition) is 2. The summed E-state index contributed by atoms with van der Waals surface area (Å²) in [6, 6.07) is 4.59. The van der Waals surface area contributed by atoms with Gasteiger partial charge < -0.3 is 25.1 Å². The molecule has 0 fully saturated rings. The van der Waals surface area contributed by atoms with E-state index in [1.165, 1.54) is 11.0 Å². The molecule has 0 aliphatic carbocycles. The summed E-state index contributed by atoms with van der Waals surface area (Å²) in [5.41, 5.74) is 9.08. The summed E-state index contributed by atoms with van der Waals surface area (Å²) in [7, 11) is 1.63. The summed E-state index contributed by atoms with van der Waals surface area (Å²) < 4.78 is 50.0. The maximum Gasteiger partial charge on any atom is 0.416 e. The van der Waals surface area contributed by atoms with E-state index in [0.717, 1.165) is 23.3 Å². The second-order valence-corrected chi connectivity index (χ2v) is 7.71. The van der Waals surface area contributed by atoms with Crippen molar-refractivity contribution >= 4 is 22.8 Å². The second kappa shape index (κ2) is 6.88. The quantitative estimate of drug-likeness (QED) is 0.643. The number of carbonyl (C=O) groups excluding carboxylic acids is 1. The van der Waals surface area contributed by atoms with Crippen LogP contribution in [0.2, 0.25) is 0 Å². The molecule has 1 aromatic carbocycles. The van der Waals surface area contributed by atoms with Crippen molar-refractivity contribution in [3.63, 3.8) is 0 Å². The smallest absolute Gasteiger partial charge is 0.416 e. The van der Waals surface area contributed by atoms with Crippen LogP contribution in [0.4, 0.5) is 19.0 Å². The van der Waals surface area contributed by atoms with Crippen molar-refractivity contribution in [3.05, 3.63) is 52.2 Å². The van der Waals surface area contributed by atoms with E-state index in [9.17, 15) is 18.0 Å². The molecule has 0 unspecified atom stereocenters. The number of H-pyrrole nitrogens is 1. The lowest BCUT2D eigenvalue weighted by Crippen LogP contribution is -2.34. The maximum atomic E-state index is 13.2. The van der Waals surface area contributed by atoms with Crippen LogP contribution < -0.4 is 10.5 Å². The van der Waals surface area contributed by atoms with Crippen LogP contribution in [-0.4, -0.2) is 34.4 Å². The minimum absolute atomic E-state index is 0.145. The van der Waals surface area contributed by atoms with Crippen LogP contribution in [0.5, 0.6) is 5.75 Å². The Labute approximate surface area is 174 Å². The Morgan fingerprint density at radius 2 is 2.03 bits per heavy atom. The van der Waals surface area contributed by atoms with Gasteiger partial charge in [-0.05, 0) is 18.2 Å². The fourth-order valence-corrected chi connectivity index (χ4v) is 4.24. The number of ether oxygens (including phenoxy) is 2. The molecule has 1 atom stereocenters. The summed E-state index contributed by atoms with van der Waals surface area (Å²) in [6.07, 6.45) is -3.99. The van der Waals surface area contributed by atoms with E-state index in [1.54, 1.807) is 13.1 Å². The van der Waals surface area contributed by atoms with Crippen LogP contribution in [0.1, 0.15) is 45.2 Å². The summed E-state index contributed by atoms with van der Waals surface area (Å²) in [6.45, 7) is 0.981. The molecule has 0 spiro atoms. The van der Waals surface area contributed by atoms with Gasteiger partial charge in [0.25, 0.3) is 5.91 Å². The first kappa shape index (κ1) is 19.7. The first-order valence-electron chi connectivity index (χ1n) is 9.73. The lowest BCUT2D eigenvalue weighted by atomic mass is 9.97. The highest BCUT2D eigenvalue weighted by Gasteiger charge is 2.35. The van der Waals surface area contributed by atoms with Crippen LogP contribution in [0, 0.1) is 0 Å². The van der Waals surface area contributed by atoms with E-state index < -0.39 is 17.8 Å². The minimum Gasteiger partial charge on any atom is -0.493 e. The van der Waals surface area contributed by atoms with Gasteiger partial charge in [-0.25, -0.2) is 4.98 Å². The predicted octanol–water partition coefficient (Wildman–Crippen LogP) is 3.79. The molecule has 162 valence electrons. The third-order valence-electron chi connectivity index (χ3n) is 5.87. The first-order chi connectivity index (χ1) is 14.7. The van der Waals surface area contributed by atoms with Gasteiger partial charge in [0.2, 0.25) is 0 Å². The standard InChI is InChI=1S/C21H19F3N4O3/c1-28(16-4-5-31-17-6-10(21(22,23)24)2-3-11(16)17)20(29)15-7-14-18(26-15)12-8-30-9-13(12)19(25)27-14/h2-3,6-7,16,26H,4-5,8-9H2,1H3,(H2,25,27)/t16-/m1/s1. The van der Waals surface area contributed by atoms with E-state index in [2.05, 4.69) is 9.97 Å². The molecule has 0 saturated heterocycles. The zero-order valence-electron chi connectivity index (χ0n) is 16.5. The molecule has 7 nitrogen and oxygen atoms in total. The van der Waals surface area contributed by atoms with Crippen LogP contribution >= 0.6 is 0 Å². The van der Waals surface area contributed by atoms with Gasteiger partial charge in [-0.2, -0.15) is 13.2 Å². The number of hydrogen-bond acceptors (Lipinski definition) is 5. The Kier molecular flexibility index (Phi) is 4.37. The molecule has 5 rings (SSSR count). The molecule has 0 saturated carbocycles. The molecule has 10 heteroatoms. The molecule has 1 amide bonds. The van der Waals surface area contributed by atoms with E-state index in [-0.39, 0.29) is 18.3 Å². The Morgan fingerprint density at radius 1 is 1.26 bits per heavy atom. The highest BCUT2D eigenvalue weighted by atomic mass is 19.4. The molecule has 31 heavy (non-hydrogen) atoms. The average molecular weight is 432 g/mol. The highest BCUT2D eigenvalue weighted by Crippen LogP contribution is 2.40. The van der Waals surface area contributed by atoms with E-state index in [4.69, 9.17) is 15.2 Å². The van der Waals surface area contributed by atoms with Crippen molar-refractivity contribution in [3.8, 4) is 5.75 Å². The van der Waals surface area contributed by atoms with Gasteiger partial charge in [0.15, 0.2) is 0 Å². The Balaban J connectivity index is 1.48. The summed E-state index contributed by atoms with van der Waals surface area (Å²) >= 11 is 0. The maximum absolute atomic E-state index is 13.2. The predicted molar refractivity (Wildman–Crippen MR) is 105 cm³/mol. The van der Waals surface area contributed by atoms with Crippen LogP contribution in [0.15, 0.2) is 24.3 Å². The van der Waals surface area contributed by atoms with E-state index >= 15 is 0 Å². The number of amides is 1. The van der Waals surface area contributed by atoms with Gasteiger partial charge in [0, 0.05) is 30.2 Å². The average Bonchev–Trinajstić information content (AvgIpc) is 3.38. The van der Waals surface area contributed by atoms with E-state index in [1.807, 2.05) is 0 Å². The number of nitrogen functional groups attached to an aromatic ring is 1. The molecule has 2 aliphatic heterocycles. The monoisotopic (exact) mass is 432 g/mol. The molecule has 4 heterocycles. The number of rotatable bonds is 2. The third-order valence-corrected chi connectivity index (χ3v) is 5.87. The van der Waals surface area contributed by atoms with E-state index in [0.29, 0.717) is 47.7 Å². The van der Waals surface area contributed by atoms with Gasteiger partial charge in [0.1, 0.15) is 17.3 Å². The highest BCUT2D eigenvalue weighted by molar-refractivity contribution is 5.98. The topological polar surface area (TPSA) is 93.5 Å². The minimum atomic E-state index is -4.46. The Morgan fingerprint density at radius 3 is 2.81 bits per heavy atom. The molecule has 3 N–H and O–H groups in total. The van der Waals surface area contributed by atoms with Gasteiger partial charge in [-0.1, -0.05) is 6.07 Å². The second-order valence-electron chi connectivity index (χ2n) is 7.71. The largest absolute Gasteiger partial charge is 0.493 e. The molecular weight excluding hydrogens is 413 g/mol. The SMILES string of the molecule is CN(C(=O)c1cc2nc(N)c3c(c2[nH]1)COC3)[C@@H]1CCOc2cc(C(F)(F)F)ccc21. The third kappa shape index (κ3) is 3.18. The molecule has 2 aromatic heterocycles. The number of anilines is 1. The number of nitrogens with two attached hydrogens (primary N) is 1. The zero-order chi connectivity index (χ0) is 21.9. The zero-order valence-corrected chi connectivity index (χ0v) is 16.5. The van der Waals surface area contributed by atoms with Gasteiger partial charge in [-0.3, -0.25) is 4.79 Å². The van der Waals surface area contributed by atoms with Crippen molar-refractivity contribution in [2.45, 2.75) is 31.9 Å². The lowest BCUT2D eigenvalue weighted by Gasteiger charge is -2.33. The number of aromatic nitrogens is 2. The first-order valence-corrected chi connectivity index (χ1v) is 9.73. The van der Waals surface area contributed by atoms with Crippen LogP contribution in [-0.2, 0) is 24.1 Å². The number of aromatic amines is 1. The summed E-state index contributed by atoms with van der Waals surface area (Å²) in [5.74, 6) is 0.221. The summed E-state index contributed by atoms with van der Waals surface area (Å²) in [4.78, 5) is 22.2. The van der Waals surface area contributed by atoms with Crippen LogP contribution in [0.25, 0.3) is 11.0 Å². The summed E-state index contributed by atoms with van der Waals surface area (Å²) in [5, 5.41) is 0. The van der Waals surface area contributed by atoms with Gasteiger partial charge in [0.05, 0.1) is 42.5 Å². The van der Waals surface area contributed by atoms with Crippen molar-refractivity contribution < 1.29 is 27.4 Å². The fraction of sp³-hybridized carbons (Fsp3) is 0.333. The number of alkyl halides is 3. The van der Waals surface area contributed by atoms with Gasteiger partial charge >= 0.3 is 6.18 Å². The van der Waals surface area contributed by atoms with Crippen molar-refractivity contribution in [1.82, 2.24) is 14.9 Å². The lowest BCUT2D eigenvalue weighted by molar-refractivity contribution is -0.137. The molecular formula is C21H19F3N4O3. The number of fused-ring (bicyclic) bond motifs is 4. The molecule has 3 aromatic rings. The fourth-order valence-electron chi connectivity index (χ4n) is 4.24. The number of benzene rings is 1. The molecule has 0 bridgehead atoms. The molecule has 0 radical (unpaired) electrons. The normalized spacial score (nSPS) is 17.9. The number of nitrogens with one attached hydrogen (secondary N) is 1. The van der Waals surface area contributed by atoms with Crippen molar-refractivity contribution in [2.24, 2.45) is 0 Å². The number of carbonyl (C=O) groups is 1. The van der Waals surface area contributed by atoms with Crippen molar-refractivity contribution in [2.75, 3.05) is 19.4 Å². The number of halogens is 3. The number of nitrogens with zero attached hydrogens (tertiary/aromatic N) is 2. The van der Waals surface area contributed by atoms with Gasteiger partial charge in [-0.15, -0.1) is 0 Å². The van der Waals surface area contributed by atoms with Crippen LogP contribution in [0.3, 0.4) is 0 Å². The Bertz CT molecular complexity index is 1200. The Hall–Kier alpha value is -3.27. The number of pyridine rings is 1.